The Morgan fingerprint density at radius 2 is 1.05 bits per heavy atom. The minimum absolute atomic E-state index is 0.0788. The number of methoxy groups -OCH3 is 1. The first-order valence-corrected chi connectivity index (χ1v) is 28.2. The number of aromatic nitrogens is 6. The zero-order valence-corrected chi connectivity index (χ0v) is 52.5. The van der Waals surface area contributed by atoms with Crippen molar-refractivity contribution in [1.29, 1.82) is 5.26 Å². The van der Waals surface area contributed by atoms with Gasteiger partial charge in [0.2, 0.25) is 16.0 Å². The van der Waals surface area contributed by atoms with E-state index in [1.54, 1.807) is 31.5 Å². The molecule has 6 aromatic heterocycles. The number of nitrogens with two attached hydrogens (primary N) is 1. The van der Waals surface area contributed by atoms with E-state index >= 15 is 0 Å². The highest BCUT2D eigenvalue weighted by Crippen LogP contribution is 2.36. The molecule has 1 aliphatic heterocycles. The van der Waals surface area contributed by atoms with E-state index < -0.39 is 73.4 Å². The summed E-state index contributed by atoms with van der Waals surface area (Å²) in [6.45, 7) is 1.38. The monoisotopic (exact) mass is 1510 g/mol. The van der Waals surface area contributed by atoms with Crippen LogP contribution in [-0.2, 0) is 15.6 Å². The number of hydrogen-bond acceptors (Lipinski definition) is 19. The maximum Gasteiger partial charge on any atom is 0.573 e. The van der Waals surface area contributed by atoms with Gasteiger partial charge in [0.05, 0.1) is 50.0 Å². The normalized spacial score (nSPS) is 14.1. The van der Waals surface area contributed by atoms with Gasteiger partial charge in [-0.1, -0.05) is 23.2 Å². The van der Waals surface area contributed by atoms with Crippen molar-refractivity contribution in [3.8, 4) is 40.6 Å². The van der Waals surface area contributed by atoms with Gasteiger partial charge in [-0.05, 0) is 114 Å². The number of amides is 1. The molecule has 0 aliphatic carbocycles. The molecule has 496 valence electrons. The zero-order valence-electron chi connectivity index (χ0n) is 45.6. The van der Waals surface area contributed by atoms with E-state index in [1.807, 2.05) is 0 Å². The smallest absolute Gasteiger partial charge is 0.495 e. The number of hydrogen-bond donors (Lipinski definition) is 3. The predicted molar refractivity (Wildman–Crippen MR) is 309 cm³/mol. The van der Waals surface area contributed by atoms with Crippen LogP contribution in [0.25, 0.3) is 0 Å². The van der Waals surface area contributed by atoms with Gasteiger partial charge in [-0.2, -0.15) is 5.26 Å². The van der Waals surface area contributed by atoms with Gasteiger partial charge in [0.15, 0.2) is 0 Å². The molecule has 1 amide bonds. The summed E-state index contributed by atoms with van der Waals surface area (Å²) >= 11 is 31.9. The summed E-state index contributed by atoms with van der Waals surface area (Å²) in [7, 11) is -1.05. The standard InChI is InChI=1S/C18H17F4N5O4S.C7H3ClF2N2O.C7H4ClF2NO3.C6H3BrClF2NO.C6H3Cl2F2NO.C6H6ClNO/c1-17(9-32(29,30)27(2)16(23)26-17)12-7-10(3-5-13(12)19)25-15(28)14-6-4-11(8-24-14)31-18(20,21)22;8-7(9,10)13-6-2-1-5(3-11)12-4-6;8-7(9,10)14-4-1-2-5(6(12)13)11-3-4;2*7-5-2-1-4(3-11-5)12-6(8,9)10;1-9-5-2-3-6(7)8-4-5/h3-8H,9H2,1-2H3,(H2,23,26)(H,25,28);1-2,4H;1-3H,(H,12,13);2*1-3H;2-4H,1H3/t17-;;;;;/m0...../s1. The number of sulfonamides is 1. The lowest BCUT2D eigenvalue weighted by Gasteiger charge is -2.34. The maximum atomic E-state index is 14.6. The number of alkyl halides is 15. The molecule has 7 aromatic rings. The number of pyridine rings is 6. The van der Waals surface area contributed by atoms with Gasteiger partial charge < -0.3 is 44.6 Å². The average Bonchev–Trinajstić information content (AvgIpc) is 0.759. The predicted octanol–water partition coefficient (Wildman–Crippen LogP) is 13.9. The van der Waals surface area contributed by atoms with Gasteiger partial charge in [0.1, 0.15) is 83.9 Å². The Hall–Kier alpha value is -8.05. The van der Waals surface area contributed by atoms with Gasteiger partial charge in [-0.15, -0.1) is 48.3 Å². The van der Waals surface area contributed by atoms with Crippen molar-refractivity contribution in [3.05, 3.63) is 172 Å². The van der Waals surface area contributed by atoms with Crippen molar-refractivity contribution in [2.75, 3.05) is 25.2 Å². The molecule has 0 saturated carbocycles. The Morgan fingerprint density at radius 3 is 1.41 bits per heavy atom. The quantitative estimate of drug-likeness (QED) is 0.0518. The lowest BCUT2D eigenvalue weighted by molar-refractivity contribution is -0.274. The second kappa shape index (κ2) is 34.0. The Kier molecular flexibility index (Phi) is 28.9. The highest BCUT2D eigenvalue weighted by molar-refractivity contribution is 9.10. The molecule has 0 saturated heterocycles. The number of nitrogens with one attached hydrogen (secondary N) is 1. The summed E-state index contributed by atoms with van der Waals surface area (Å²) in [5, 5.41) is 19.9. The van der Waals surface area contributed by atoms with Gasteiger partial charge in [-0.3, -0.25) is 4.79 Å². The zero-order chi connectivity index (χ0) is 69.6. The number of benzene rings is 1. The number of aromatic carboxylic acids is 1. The molecule has 0 spiro atoms. The number of carbonyl (C=O) groups excluding carboxylic acids is 1. The van der Waals surface area contributed by atoms with Crippen LogP contribution in [0.1, 0.15) is 39.2 Å². The highest BCUT2D eigenvalue weighted by Gasteiger charge is 2.42. The van der Waals surface area contributed by atoms with Crippen LogP contribution in [0.15, 0.2) is 138 Å². The molecule has 0 bridgehead atoms. The van der Waals surface area contributed by atoms with E-state index in [4.69, 9.17) is 44.0 Å². The van der Waals surface area contributed by atoms with E-state index in [2.05, 4.69) is 126 Å². The minimum atomic E-state index is -4.90. The summed E-state index contributed by atoms with van der Waals surface area (Å²) < 4.78 is 198. The Labute approximate surface area is 548 Å². The number of anilines is 1. The molecular formula is C50H36BrCl6F12N11O11S. The number of nitrogens with zero attached hydrogens (tertiary/aromatic N) is 9. The molecule has 1 aromatic carbocycles. The van der Waals surface area contributed by atoms with Gasteiger partial charge in [0, 0.05) is 64.7 Å². The fourth-order valence-electron chi connectivity index (χ4n) is 5.94. The molecule has 42 heteroatoms. The van der Waals surface area contributed by atoms with E-state index in [0.29, 0.717) is 9.76 Å². The maximum absolute atomic E-state index is 14.6. The number of guanidine groups is 1. The van der Waals surface area contributed by atoms with Crippen LogP contribution < -0.4 is 39.5 Å². The summed E-state index contributed by atoms with van der Waals surface area (Å²) in [6, 6.07) is 20.4. The van der Waals surface area contributed by atoms with E-state index in [-0.39, 0.29) is 62.4 Å². The fraction of sp³-hybridized carbons (Fsp3) is 0.200. The van der Waals surface area contributed by atoms with E-state index in [1.165, 1.54) is 62.5 Å². The lowest BCUT2D eigenvalue weighted by atomic mass is 9.93. The summed E-state index contributed by atoms with van der Waals surface area (Å²) in [4.78, 5) is 48.2. The molecule has 22 nitrogen and oxygen atoms in total. The van der Waals surface area contributed by atoms with E-state index in [9.17, 15) is 70.7 Å². The largest absolute Gasteiger partial charge is 0.573 e. The molecule has 92 heavy (non-hydrogen) atoms. The average molecular weight is 1520 g/mol. The second-order valence-electron chi connectivity index (χ2n) is 16.6. The summed E-state index contributed by atoms with van der Waals surface area (Å²) in [5.41, 5.74) is -11.3. The molecular weight excluding hydrogens is 1480 g/mol. The van der Waals surface area contributed by atoms with Crippen molar-refractivity contribution in [3.63, 3.8) is 0 Å². The second-order valence-corrected chi connectivity index (χ2v) is 21.9. The number of carboxylic acid groups (broad SMARTS) is 1. The van der Waals surface area contributed by atoms with Crippen molar-refractivity contribution >= 4 is 119 Å². The van der Waals surface area contributed by atoms with Crippen LogP contribution in [0.4, 0.5) is 58.4 Å². The number of carbonyl (C=O) groups is 2. The molecule has 0 fully saturated rings. The number of ether oxygens (including phenoxy) is 6. The summed E-state index contributed by atoms with van der Waals surface area (Å²) in [5.74, 6) is -4.32. The van der Waals surface area contributed by atoms with Crippen LogP contribution in [0.5, 0.6) is 34.5 Å². The Bertz CT molecular complexity index is 3670. The highest BCUT2D eigenvalue weighted by atomic mass is 79.9. The molecule has 8 rings (SSSR count). The molecule has 0 unspecified atom stereocenters. The summed E-state index contributed by atoms with van der Waals surface area (Å²) in [6.07, 6.45) is 1.43. The van der Waals surface area contributed by atoms with E-state index in [0.717, 1.165) is 71.4 Å². The number of aliphatic imine (C=N–C) groups is 1. The van der Waals surface area contributed by atoms with Crippen LogP contribution in [-0.4, -0.2) is 114 Å². The first-order valence-electron chi connectivity index (χ1n) is 23.5. The first-order chi connectivity index (χ1) is 42.4. The van der Waals surface area contributed by atoms with Gasteiger partial charge in [-0.25, -0.2) is 56.8 Å². The fourth-order valence-corrected chi connectivity index (χ4v) is 8.21. The van der Waals surface area contributed by atoms with Crippen molar-refractivity contribution < 1.29 is 104 Å². The molecule has 7 heterocycles. The molecule has 4 N–H and O–H groups in total. The van der Waals surface area contributed by atoms with Crippen LogP contribution in [0, 0.1) is 17.1 Å². The Morgan fingerprint density at radius 1 is 0.641 bits per heavy atom. The third kappa shape index (κ3) is 30.4. The number of rotatable bonds is 14. The molecule has 0 radical (unpaired) electrons. The number of carboxylic acids is 1. The third-order valence-corrected chi connectivity index (χ3v) is 12.8. The topological polar surface area (TPSA) is 299 Å². The first kappa shape index (κ1) is 78.2. The van der Waals surface area contributed by atoms with Crippen molar-refractivity contribution in [2.24, 2.45) is 10.7 Å². The SMILES string of the molecule is CN1C(N)=N[C@](C)(c2cc(NC(=O)c3ccc(OC(F)(F)F)cn3)ccc2F)CS1(=O)=O.COc1ccc(Cl)nc1.FC(F)(Cl)Oc1ccc(Br)nc1.FC(F)(Cl)Oc1ccc(Cl)nc1.N#Cc1ccc(OC(F)(F)Cl)cn1.O=C(O)c1ccc(OC(F)(F)Cl)cn1. The van der Waals surface area contributed by atoms with Crippen LogP contribution in [0.3, 0.4) is 0 Å². The number of nitriles is 1. The molecule has 1 aliphatic rings. The van der Waals surface area contributed by atoms with Crippen molar-refractivity contribution in [1.82, 2.24) is 34.2 Å². The Balaban J connectivity index is 0.000000310. The van der Waals surface area contributed by atoms with Gasteiger partial charge in [0.25, 0.3) is 5.91 Å². The van der Waals surface area contributed by atoms with Crippen LogP contribution in [0.2, 0.25) is 10.3 Å². The third-order valence-electron chi connectivity index (χ3n) is 9.65. The van der Waals surface area contributed by atoms with Gasteiger partial charge >= 0.3 is 34.6 Å². The van der Waals surface area contributed by atoms with Crippen LogP contribution >= 0.6 is 85.5 Å². The number of halogens is 19. The lowest BCUT2D eigenvalue weighted by Crippen LogP contribution is -2.50. The van der Waals surface area contributed by atoms with Crippen molar-refractivity contribution in [2.45, 2.75) is 41.1 Å². The molecule has 1 atom stereocenters. The minimum Gasteiger partial charge on any atom is -0.495 e.